The molecule has 0 spiro atoms. The molecule has 2 bridgehead atoms. The van der Waals surface area contributed by atoms with Gasteiger partial charge in [0, 0.05) is 17.2 Å². The van der Waals surface area contributed by atoms with Gasteiger partial charge in [0.1, 0.15) is 13.2 Å². The number of benzene rings is 2. The number of nitrogens with zero attached hydrogens (tertiary/aromatic N) is 2. The molecule has 1 N–H and O–H groups in total. The second kappa shape index (κ2) is 5.96. The number of para-hydroxylation sites is 2. The van der Waals surface area contributed by atoms with Crippen LogP contribution in [-0.2, 0) is 15.6 Å². The molecular formula is C25H25N3O3. The highest BCUT2D eigenvalue weighted by Gasteiger charge is 2.73. The van der Waals surface area contributed by atoms with Crippen molar-refractivity contribution in [1.82, 2.24) is 9.97 Å². The number of fused-ring (bicyclic) bond motifs is 7. The van der Waals surface area contributed by atoms with Crippen LogP contribution in [0.3, 0.4) is 0 Å². The lowest BCUT2D eigenvalue weighted by atomic mass is 9.63. The molecule has 2 atom stereocenters. The standard InChI is InChI=1S/C25H25N3O3/c1-23(2)24(3)10-11-25(23,21-20(24)27-16-6-4-5-7-17(16)28-21)22(29)26-15-8-9-18-19(14-15)31-13-12-30-18/h4-9,14H,10-13H2,1-3H3,(H,26,29). The van der Waals surface area contributed by atoms with Crippen molar-refractivity contribution in [2.75, 3.05) is 18.5 Å². The lowest BCUT2D eigenvalue weighted by molar-refractivity contribution is -0.125. The van der Waals surface area contributed by atoms with Crippen molar-refractivity contribution in [1.29, 1.82) is 0 Å². The summed E-state index contributed by atoms with van der Waals surface area (Å²) in [6.07, 6.45) is 1.67. The van der Waals surface area contributed by atoms with Crippen LogP contribution < -0.4 is 14.8 Å². The van der Waals surface area contributed by atoms with E-state index in [0.717, 1.165) is 35.3 Å². The van der Waals surface area contributed by atoms with Gasteiger partial charge in [-0.1, -0.05) is 32.9 Å². The minimum absolute atomic E-state index is 0.0266. The van der Waals surface area contributed by atoms with Crippen LogP contribution in [0.2, 0.25) is 0 Å². The molecule has 6 nitrogen and oxygen atoms in total. The number of rotatable bonds is 2. The molecule has 0 radical (unpaired) electrons. The van der Waals surface area contributed by atoms with E-state index in [1.165, 1.54) is 0 Å². The van der Waals surface area contributed by atoms with Gasteiger partial charge >= 0.3 is 0 Å². The summed E-state index contributed by atoms with van der Waals surface area (Å²) >= 11 is 0. The Morgan fingerprint density at radius 3 is 2.32 bits per heavy atom. The summed E-state index contributed by atoms with van der Waals surface area (Å²) in [5.41, 5.74) is 2.96. The van der Waals surface area contributed by atoms with Gasteiger partial charge in [0.05, 0.1) is 27.8 Å². The van der Waals surface area contributed by atoms with E-state index in [-0.39, 0.29) is 16.7 Å². The van der Waals surface area contributed by atoms with Crippen LogP contribution in [0.25, 0.3) is 11.0 Å². The minimum Gasteiger partial charge on any atom is -0.486 e. The molecule has 6 heteroatoms. The van der Waals surface area contributed by atoms with Crippen molar-refractivity contribution < 1.29 is 14.3 Å². The highest BCUT2D eigenvalue weighted by Crippen LogP contribution is 2.70. The molecule has 1 aliphatic heterocycles. The lowest BCUT2D eigenvalue weighted by Crippen LogP contribution is -2.48. The van der Waals surface area contributed by atoms with E-state index in [1.807, 2.05) is 42.5 Å². The molecule has 2 aromatic carbocycles. The zero-order valence-corrected chi connectivity index (χ0v) is 18.0. The topological polar surface area (TPSA) is 73.3 Å². The van der Waals surface area contributed by atoms with Gasteiger partial charge in [-0.15, -0.1) is 0 Å². The molecule has 6 rings (SSSR count). The van der Waals surface area contributed by atoms with E-state index < -0.39 is 5.41 Å². The first kappa shape index (κ1) is 18.6. The number of hydrogen-bond acceptors (Lipinski definition) is 5. The van der Waals surface area contributed by atoms with Crippen LogP contribution in [0.15, 0.2) is 42.5 Å². The van der Waals surface area contributed by atoms with Gasteiger partial charge < -0.3 is 14.8 Å². The van der Waals surface area contributed by atoms with Crippen LogP contribution in [0.1, 0.15) is 45.0 Å². The molecule has 1 fully saturated rings. The van der Waals surface area contributed by atoms with Crippen LogP contribution >= 0.6 is 0 Å². The summed E-state index contributed by atoms with van der Waals surface area (Å²) in [6.45, 7) is 7.67. The molecule has 1 aromatic heterocycles. The van der Waals surface area contributed by atoms with Crippen LogP contribution in [0.5, 0.6) is 11.5 Å². The highest BCUT2D eigenvalue weighted by atomic mass is 16.6. The van der Waals surface area contributed by atoms with Crippen molar-refractivity contribution in [2.24, 2.45) is 5.41 Å². The molecule has 1 amide bonds. The monoisotopic (exact) mass is 415 g/mol. The van der Waals surface area contributed by atoms with Crippen LogP contribution in [-0.4, -0.2) is 29.1 Å². The fourth-order valence-corrected chi connectivity index (χ4v) is 5.91. The van der Waals surface area contributed by atoms with E-state index in [1.54, 1.807) is 0 Å². The van der Waals surface area contributed by atoms with Gasteiger partial charge in [0.25, 0.3) is 0 Å². The number of carbonyl (C=O) groups is 1. The first-order valence-electron chi connectivity index (χ1n) is 10.9. The molecule has 1 saturated carbocycles. The smallest absolute Gasteiger partial charge is 0.237 e. The van der Waals surface area contributed by atoms with E-state index in [9.17, 15) is 4.79 Å². The third-order valence-electron chi connectivity index (χ3n) is 8.13. The maximum Gasteiger partial charge on any atom is 0.237 e. The second-order valence-corrected chi connectivity index (χ2v) is 9.58. The maximum absolute atomic E-state index is 14.0. The molecule has 3 aromatic rings. The Bertz CT molecular complexity index is 1250. The number of nitrogens with one attached hydrogen (secondary N) is 1. The summed E-state index contributed by atoms with van der Waals surface area (Å²) in [5, 5.41) is 3.17. The molecule has 158 valence electrons. The fraction of sp³-hybridized carbons (Fsp3) is 0.400. The van der Waals surface area contributed by atoms with E-state index in [0.29, 0.717) is 30.4 Å². The van der Waals surface area contributed by atoms with Crippen molar-refractivity contribution in [2.45, 2.75) is 44.4 Å². The predicted octanol–water partition coefficient (Wildman–Crippen LogP) is 4.37. The Hall–Kier alpha value is -3.15. The van der Waals surface area contributed by atoms with Crippen molar-refractivity contribution in [3.63, 3.8) is 0 Å². The Labute approximate surface area is 181 Å². The maximum atomic E-state index is 14.0. The average molecular weight is 415 g/mol. The first-order valence-corrected chi connectivity index (χ1v) is 10.9. The minimum atomic E-state index is -0.735. The Morgan fingerprint density at radius 1 is 0.903 bits per heavy atom. The zero-order chi connectivity index (χ0) is 21.4. The SMILES string of the molecule is CC12CCC(C(=O)Nc3ccc4c(c3)OCCO4)(c3nc4ccccc4nc31)C2(C)C. The van der Waals surface area contributed by atoms with Crippen LogP contribution in [0, 0.1) is 5.41 Å². The van der Waals surface area contributed by atoms with Gasteiger partial charge in [-0.05, 0) is 42.5 Å². The molecule has 2 heterocycles. The van der Waals surface area contributed by atoms with Crippen LogP contribution in [0.4, 0.5) is 5.69 Å². The second-order valence-electron chi connectivity index (χ2n) is 9.58. The number of anilines is 1. The summed E-state index contributed by atoms with van der Waals surface area (Å²) in [6, 6.07) is 13.5. The number of ether oxygens (including phenoxy) is 2. The molecular weight excluding hydrogens is 390 g/mol. The summed E-state index contributed by atoms with van der Waals surface area (Å²) in [4.78, 5) is 24.0. The quantitative estimate of drug-likeness (QED) is 0.673. The van der Waals surface area contributed by atoms with Gasteiger partial charge in [-0.25, -0.2) is 9.97 Å². The van der Waals surface area contributed by atoms with Crippen molar-refractivity contribution in [3.05, 3.63) is 53.9 Å². The molecule has 2 unspecified atom stereocenters. The summed E-state index contributed by atoms with van der Waals surface area (Å²) < 4.78 is 11.3. The molecule has 3 aliphatic rings. The average Bonchev–Trinajstić information content (AvgIpc) is 3.07. The van der Waals surface area contributed by atoms with Gasteiger partial charge in [-0.2, -0.15) is 0 Å². The first-order chi connectivity index (χ1) is 14.9. The largest absolute Gasteiger partial charge is 0.486 e. The lowest BCUT2D eigenvalue weighted by Gasteiger charge is -2.39. The molecule has 0 saturated heterocycles. The van der Waals surface area contributed by atoms with Gasteiger partial charge in [0.2, 0.25) is 5.91 Å². The van der Waals surface area contributed by atoms with Crippen molar-refractivity contribution in [3.8, 4) is 11.5 Å². The number of aromatic nitrogens is 2. The fourth-order valence-electron chi connectivity index (χ4n) is 5.91. The predicted molar refractivity (Wildman–Crippen MR) is 118 cm³/mol. The molecule has 2 aliphatic carbocycles. The number of hydrogen-bond donors (Lipinski definition) is 1. The van der Waals surface area contributed by atoms with Gasteiger partial charge in [0.15, 0.2) is 11.5 Å². The van der Waals surface area contributed by atoms with Gasteiger partial charge in [-0.3, -0.25) is 4.79 Å². The third kappa shape index (κ3) is 2.20. The Kier molecular flexibility index (Phi) is 3.58. The van der Waals surface area contributed by atoms with Crippen molar-refractivity contribution >= 4 is 22.6 Å². The summed E-state index contributed by atoms with van der Waals surface area (Å²) in [5.74, 6) is 1.34. The zero-order valence-electron chi connectivity index (χ0n) is 18.0. The van der Waals surface area contributed by atoms with E-state index in [4.69, 9.17) is 19.4 Å². The Morgan fingerprint density at radius 2 is 1.58 bits per heavy atom. The Balaban J connectivity index is 1.47. The normalized spacial score (nSPS) is 27.2. The number of amides is 1. The third-order valence-corrected chi connectivity index (χ3v) is 8.13. The highest BCUT2D eigenvalue weighted by molar-refractivity contribution is 6.02. The molecule has 31 heavy (non-hydrogen) atoms. The van der Waals surface area contributed by atoms with E-state index >= 15 is 0 Å². The summed E-state index contributed by atoms with van der Waals surface area (Å²) in [7, 11) is 0. The number of carbonyl (C=O) groups excluding carboxylic acids is 1. The van der Waals surface area contributed by atoms with E-state index in [2.05, 4.69) is 26.1 Å².